The quantitative estimate of drug-likeness (QED) is 0.947. The molecule has 23 heavy (non-hydrogen) atoms. The van der Waals surface area contributed by atoms with Gasteiger partial charge in [-0.3, -0.25) is 0 Å². The van der Waals surface area contributed by atoms with E-state index in [2.05, 4.69) is 22.3 Å². The second-order valence-corrected chi connectivity index (χ2v) is 5.44. The molecule has 2 aromatic rings. The van der Waals surface area contributed by atoms with E-state index in [1.807, 2.05) is 47.4 Å². The fourth-order valence-corrected chi connectivity index (χ4v) is 2.75. The third kappa shape index (κ3) is 3.56. The Kier molecular flexibility index (Phi) is 4.66. The normalized spacial score (nSPS) is 14.5. The fourth-order valence-electron chi connectivity index (χ4n) is 2.75. The second kappa shape index (κ2) is 7.05. The molecule has 1 heterocycles. The first-order valence-electron chi connectivity index (χ1n) is 7.77. The van der Waals surface area contributed by atoms with E-state index in [0.29, 0.717) is 24.5 Å². The van der Waals surface area contributed by atoms with Gasteiger partial charge < -0.3 is 19.9 Å². The Morgan fingerprint density at radius 3 is 2.30 bits per heavy atom. The van der Waals surface area contributed by atoms with Gasteiger partial charge in [-0.15, -0.1) is 0 Å². The molecule has 1 fully saturated rings. The fraction of sp³-hybridized carbons (Fsp3) is 0.278. The first-order valence-corrected chi connectivity index (χ1v) is 7.77. The molecule has 0 spiro atoms. The molecular formula is C18H21N3O2. The van der Waals surface area contributed by atoms with E-state index >= 15 is 0 Å². The number of nitrogens with one attached hydrogen (secondary N) is 1. The van der Waals surface area contributed by atoms with Gasteiger partial charge in [0.2, 0.25) is 0 Å². The molecule has 120 valence electrons. The number of ether oxygens (including phenoxy) is 1. The van der Waals surface area contributed by atoms with Gasteiger partial charge in [-0.2, -0.15) is 0 Å². The summed E-state index contributed by atoms with van der Waals surface area (Å²) in [6, 6.07) is 17.7. The Labute approximate surface area is 136 Å². The van der Waals surface area contributed by atoms with Crippen LogP contribution in [-0.2, 0) is 0 Å². The lowest BCUT2D eigenvalue weighted by molar-refractivity contribution is 0.208. The van der Waals surface area contributed by atoms with Crippen LogP contribution in [0.15, 0.2) is 54.6 Å². The number of methoxy groups -OCH3 is 1. The maximum Gasteiger partial charge on any atom is 0.322 e. The maximum atomic E-state index is 12.4. The molecule has 5 nitrogen and oxygen atoms in total. The van der Waals surface area contributed by atoms with Crippen molar-refractivity contribution in [3.63, 3.8) is 0 Å². The number of anilines is 2. The summed E-state index contributed by atoms with van der Waals surface area (Å²) in [6.07, 6.45) is 0. The topological polar surface area (TPSA) is 44.8 Å². The molecule has 0 aliphatic carbocycles. The number of para-hydroxylation sites is 3. The van der Waals surface area contributed by atoms with Crippen LogP contribution < -0.4 is 15.0 Å². The SMILES string of the molecule is COc1ccccc1NC(=O)N1CCN(c2ccccc2)CC1. The molecule has 2 aromatic carbocycles. The number of rotatable bonds is 3. The average Bonchev–Trinajstić information content (AvgIpc) is 2.63. The highest BCUT2D eigenvalue weighted by Crippen LogP contribution is 2.23. The molecule has 1 saturated heterocycles. The summed E-state index contributed by atoms with van der Waals surface area (Å²) in [6.45, 7) is 3.08. The van der Waals surface area contributed by atoms with Crippen molar-refractivity contribution in [3.05, 3.63) is 54.6 Å². The van der Waals surface area contributed by atoms with Gasteiger partial charge in [0.05, 0.1) is 12.8 Å². The van der Waals surface area contributed by atoms with Crippen LogP contribution in [0.4, 0.5) is 16.2 Å². The molecule has 1 N–H and O–H groups in total. The molecule has 0 aromatic heterocycles. The van der Waals surface area contributed by atoms with Crippen molar-refractivity contribution in [2.45, 2.75) is 0 Å². The number of urea groups is 1. The lowest BCUT2D eigenvalue weighted by Crippen LogP contribution is -2.50. The number of piperazine rings is 1. The molecule has 1 aliphatic rings. The lowest BCUT2D eigenvalue weighted by Gasteiger charge is -2.36. The zero-order valence-corrected chi connectivity index (χ0v) is 13.2. The highest BCUT2D eigenvalue weighted by Gasteiger charge is 2.21. The molecular weight excluding hydrogens is 290 g/mol. The first kappa shape index (κ1) is 15.2. The zero-order valence-electron chi connectivity index (χ0n) is 13.2. The Morgan fingerprint density at radius 1 is 0.957 bits per heavy atom. The van der Waals surface area contributed by atoms with Crippen LogP contribution in [0, 0.1) is 0 Å². The maximum absolute atomic E-state index is 12.4. The molecule has 2 amide bonds. The molecule has 0 bridgehead atoms. The molecule has 0 saturated carbocycles. The molecule has 0 atom stereocenters. The van der Waals surface area contributed by atoms with Crippen molar-refractivity contribution in [1.82, 2.24) is 4.90 Å². The van der Waals surface area contributed by atoms with E-state index in [-0.39, 0.29) is 6.03 Å². The number of carbonyl (C=O) groups is 1. The van der Waals surface area contributed by atoms with E-state index < -0.39 is 0 Å². The standard InChI is InChI=1S/C18H21N3O2/c1-23-17-10-6-5-9-16(17)19-18(22)21-13-11-20(12-14-21)15-7-3-2-4-8-15/h2-10H,11-14H2,1H3,(H,19,22). The van der Waals surface area contributed by atoms with Crippen LogP contribution in [-0.4, -0.2) is 44.2 Å². The van der Waals surface area contributed by atoms with Gasteiger partial charge >= 0.3 is 6.03 Å². The van der Waals surface area contributed by atoms with Gasteiger partial charge in [0, 0.05) is 31.9 Å². The first-order chi connectivity index (χ1) is 11.3. The lowest BCUT2D eigenvalue weighted by atomic mass is 10.2. The van der Waals surface area contributed by atoms with Crippen LogP contribution in [0.25, 0.3) is 0 Å². The summed E-state index contributed by atoms with van der Waals surface area (Å²) in [7, 11) is 1.60. The van der Waals surface area contributed by atoms with Crippen LogP contribution in [0.5, 0.6) is 5.75 Å². The molecule has 0 radical (unpaired) electrons. The zero-order chi connectivity index (χ0) is 16.1. The van der Waals surface area contributed by atoms with Gasteiger partial charge in [0.1, 0.15) is 5.75 Å². The summed E-state index contributed by atoms with van der Waals surface area (Å²) < 4.78 is 5.27. The van der Waals surface area contributed by atoms with Crippen molar-refractivity contribution >= 4 is 17.4 Å². The van der Waals surface area contributed by atoms with Gasteiger partial charge in [0.15, 0.2) is 0 Å². The predicted octanol–water partition coefficient (Wildman–Crippen LogP) is 3.05. The summed E-state index contributed by atoms with van der Waals surface area (Å²) in [5.74, 6) is 0.670. The summed E-state index contributed by atoms with van der Waals surface area (Å²) in [4.78, 5) is 16.6. The van der Waals surface area contributed by atoms with E-state index in [1.165, 1.54) is 5.69 Å². The summed E-state index contributed by atoms with van der Waals surface area (Å²) in [5, 5.41) is 2.93. The second-order valence-electron chi connectivity index (χ2n) is 5.44. The summed E-state index contributed by atoms with van der Waals surface area (Å²) in [5.41, 5.74) is 1.91. The van der Waals surface area contributed by atoms with Crippen molar-refractivity contribution in [1.29, 1.82) is 0 Å². The number of hydrogen-bond acceptors (Lipinski definition) is 3. The van der Waals surface area contributed by atoms with Crippen LogP contribution in [0.2, 0.25) is 0 Å². The van der Waals surface area contributed by atoms with Crippen LogP contribution in [0.3, 0.4) is 0 Å². The monoisotopic (exact) mass is 311 g/mol. The highest BCUT2D eigenvalue weighted by atomic mass is 16.5. The average molecular weight is 311 g/mol. The highest BCUT2D eigenvalue weighted by molar-refractivity contribution is 5.91. The largest absolute Gasteiger partial charge is 0.495 e. The van der Waals surface area contributed by atoms with E-state index in [4.69, 9.17) is 4.74 Å². The third-order valence-electron chi connectivity index (χ3n) is 4.04. The van der Waals surface area contributed by atoms with Crippen molar-refractivity contribution in [2.75, 3.05) is 43.5 Å². The predicted molar refractivity (Wildman–Crippen MR) is 92.2 cm³/mol. The van der Waals surface area contributed by atoms with Crippen molar-refractivity contribution in [3.8, 4) is 5.75 Å². The Morgan fingerprint density at radius 2 is 1.61 bits per heavy atom. The van der Waals surface area contributed by atoms with Crippen molar-refractivity contribution < 1.29 is 9.53 Å². The number of nitrogens with zero attached hydrogens (tertiary/aromatic N) is 2. The number of hydrogen-bond donors (Lipinski definition) is 1. The molecule has 5 heteroatoms. The van der Waals surface area contributed by atoms with Crippen LogP contribution in [0.1, 0.15) is 0 Å². The Bertz CT molecular complexity index is 652. The number of amides is 2. The smallest absolute Gasteiger partial charge is 0.322 e. The number of carbonyl (C=O) groups excluding carboxylic acids is 1. The molecule has 0 unspecified atom stereocenters. The van der Waals surface area contributed by atoms with Gasteiger partial charge in [0.25, 0.3) is 0 Å². The van der Waals surface area contributed by atoms with Gasteiger partial charge in [-0.25, -0.2) is 4.79 Å². The Hall–Kier alpha value is -2.69. The minimum Gasteiger partial charge on any atom is -0.495 e. The van der Waals surface area contributed by atoms with E-state index in [0.717, 1.165) is 13.1 Å². The van der Waals surface area contributed by atoms with E-state index in [1.54, 1.807) is 7.11 Å². The minimum absolute atomic E-state index is 0.0813. The Balaban J connectivity index is 1.58. The number of benzene rings is 2. The summed E-state index contributed by atoms with van der Waals surface area (Å²) >= 11 is 0. The molecule has 1 aliphatic heterocycles. The van der Waals surface area contributed by atoms with E-state index in [9.17, 15) is 4.79 Å². The molecule has 3 rings (SSSR count). The van der Waals surface area contributed by atoms with Gasteiger partial charge in [-0.1, -0.05) is 30.3 Å². The minimum atomic E-state index is -0.0813. The van der Waals surface area contributed by atoms with Crippen molar-refractivity contribution in [2.24, 2.45) is 0 Å². The third-order valence-corrected chi connectivity index (χ3v) is 4.04. The van der Waals surface area contributed by atoms with Gasteiger partial charge in [-0.05, 0) is 24.3 Å². The van der Waals surface area contributed by atoms with Crippen LogP contribution >= 0.6 is 0 Å².